The average molecular weight is 269 g/mol. The second-order valence-electron chi connectivity index (χ2n) is 5.34. The van der Waals surface area contributed by atoms with Crippen molar-refractivity contribution in [1.82, 2.24) is 14.8 Å². The summed E-state index contributed by atoms with van der Waals surface area (Å²) in [7, 11) is 3.60. The lowest BCUT2D eigenvalue weighted by Gasteiger charge is -2.35. The van der Waals surface area contributed by atoms with Crippen molar-refractivity contribution >= 4 is 16.9 Å². The molecule has 0 spiro atoms. The molecule has 0 bridgehead atoms. The van der Waals surface area contributed by atoms with E-state index >= 15 is 0 Å². The van der Waals surface area contributed by atoms with E-state index in [0.29, 0.717) is 6.54 Å². The van der Waals surface area contributed by atoms with Crippen LogP contribution < -0.4 is 0 Å². The van der Waals surface area contributed by atoms with Gasteiger partial charge in [-0.1, -0.05) is 24.3 Å². The molecule has 1 aromatic carbocycles. The minimum Gasteiger partial charge on any atom is -0.361 e. The van der Waals surface area contributed by atoms with Crippen molar-refractivity contribution in [2.24, 2.45) is 0 Å². The van der Waals surface area contributed by atoms with Gasteiger partial charge < -0.3 is 14.8 Å². The first-order valence-electron chi connectivity index (χ1n) is 6.87. The number of hydrogen-bond acceptors (Lipinski definition) is 1. The largest absolute Gasteiger partial charge is 0.361 e. The van der Waals surface area contributed by atoms with Crippen LogP contribution in [0, 0.1) is 0 Å². The number of aromatic amines is 1. The standard InChI is InChI=1S/C16H19N3O/c1-18(2)16(20)19-11-4-3-8-15(19)13-6-5-7-14-12(13)9-10-17-14/h3-7,9-10,15,17H,8,11H2,1-2H3. The molecule has 2 aromatic rings. The highest BCUT2D eigenvalue weighted by molar-refractivity contribution is 5.84. The first-order chi connectivity index (χ1) is 9.68. The zero-order valence-corrected chi connectivity index (χ0v) is 11.8. The minimum absolute atomic E-state index is 0.0619. The average Bonchev–Trinajstić information content (AvgIpc) is 2.94. The summed E-state index contributed by atoms with van der Waals surface area (Å²) in [4.78, 5) is 19.2. The van der Waals surface area contributed by atoms with Crippen LogP contribution in [0.4, 0.5) is 4.79 Å². The van der Waals surface area contributed by atoms with Gasteiger partial charge in [0.05, 0.1) is 6.04 Å². The van der Waals surface area contributed by atoms with Gasteiger partial charge in [-0.3, -0.25) is 0 Å². The molecule has 4 nitrogen and oxygen atoms in total. The van der Waals surface area contributed by atoms with Crippen LogP contribution in [0.3, 0.4) is 0 Å². The number of benzene rings is 1. The van der Waals surface area contributed by atoms with Crippen molar-refractivity contribution in [3.05, 3.63) is 48.2 Å². The summed E-state index contributed by atoms with van der Waals surface area (Å²) in [5, 5.41) is 1.20. The van der Waals surface area contributed by atoms with Gasteiger partial charge in [0.25, 0.3) is 0 Å². The Balaban J connectivity index is 2.04. The molecular weight excluding hydrogens is 250 g/mol. The Labute approximate surface area is 118 Å². The Hall–Kier alpha value is -2.23. The van der Waals surface area contributed by atoms with Crippen LogP contribution in [0.15, 0.2) is 42.6 Å². The van der Waals surface area contributed by atoms with E-state index in [2.05, 4.69) is 35.3 Å². The van der Waals surface area contributed by atoms with Crippen molar-refractivity contribution in [2.75, 3.05) is 20.6 Å². The second-order valence-corrected chi connectivity index (χ2v) is 5.34. The molecule has 2 amide bonds. The van der Waals surface area contributed by atoms with E-state index < -0.39 is 0 Å². The van der Waals surface area contributed by atoms with Crippen molar-refractivity contribution in [1.29, 1.82) is 0 Å². The lowest BCUT2D eigenvalue weighted by molar-refractivity contribution is 0.153. The number of nitrogens with zero attached hydrogens (tertiary/aromatic N) is 2. The molecule has 4 heteroatoms. The number of fused-ring (bicyclic) bond motifs is 1. The third-order valence-corrected chi connectivity index (χ3v) is 3.82. The van der Waals surface area contributed by atoms with E-state index in [4.69, 9.17) is 0 Å². The highest BCUT2D eigenvalue weighted by atomic mass is 16.2. The smallest absolute Gasteiger partial charge is 0.320 e. The maximum atomic E-state index is 12.4. The van der Waals surface area contributed by atoms with Crippen LogP contribution in [0.5, 0.6) is 0 Å². The van der Waals surface area contributed by atoms with Gasteiger partial charge in [-0.2, -0.15) is 0 Å². The lowest BCUT2D eigenvalue weighted by Crippen LogP contribution is -2.42. The topological polar surface area (TPSA) is 39.3 Å². The summed E-state index contributed by atoms with van der Waals surface area (Å²) in [6.45, 7) is 0.669. The van der Waals surface area contributed by atoms with Crippen molar-refractivity contribution in [2.45, 2.75) is 12.5 Å². The number of aromatic nitrogens is 1. The maximum absolute atomic E-state index is 12.4. The molecule has 1 aromatic heterocycles. The van der Waals surface area contributed by atoms with E-state index in [1.165, 1.54) is 10.9 Å². The lowest BCUT2D eigenvalue weighted by atomic mass is 9.96. The molecule has 1 atom stereocenters. The molecule has 0 fully saturated rings. The van der Waals surface area contributed by atoms with Gasteiger partial charge in [0, 0.05) is 37.7 Å². The molecular formula is C16H19N3O. The number of carbonyl (C=O) groups is 1. The SMILES string of the molecule is CN(C)C(=O)N1CC=CCC1c1cccc2[nH]ccc12. The molecule has 1 aliphatic heterocycles. The summed E-state index contributed by atoms with van der Waals surface area (Å²) in [6, 6.07) is 8.48. The Bertz CT molecular complexity index is 657. The van der Waals surface area contributed by atoms with Crippen LogP contribution in [0.25, 0.3) is 10.9 Å². The van der Waals surface area contributed by atoms with E-state index in [1.54, 1.807) is 19.0 Å². The van der Waals surface area contributed by atoms with Gasteiger partial charge >= 0.3 is 6.03 Å². The normalized spacial score (nSPS) is 18.5. The molecule has 0 saturated heterocycles. The molecule has 20 heavy (non-hydrogen) atoms. The number of carbonyl (C=O) groups excluding carboxylic acids is 1. The number of urea groups is 1. The number of nitrogens with one attached hydrogen (secondary N) is 1. The monoisotopic (exact) mass is 269 g/mol. The Morgan fingerprint density at radius 2 is 2.15 bits per heavy atom. The summed E-state index contributed by atoms with van der Waals surface area (Å²) < 4.78 is 0. The first-order valence-corrected chi connectivity index (χ1v) is 6.87. The van der Waals surface area contributed by atoms with Crippen LogP contribution in [0.2, 0.25) is 0 Å². The summed E-state index contributed by atoms with van der Waals surface area (Å²) in [5.41, 5.74) is 2.33. The van der Waals surface area contributed by atoms with Gasteiger partial charge in [0.1, 0.15) is 0 Å². The Morgan fingerprint density at radius 1 is 1.30 bits per heavy atom. The summed E-state index contributed by atoms with van der Waals surface area (Å²) in [5.74, 6) is 0. The third-order valence-electron chi connectivity index (χ3n) is 3.82. The van der Waals surface area contributed by atoms with Crippen LogP contribution >= 0.6 is 0 Å². The summed E-state index contributed by atoms with van der Waals surface area (Å²) in [6.07, 6.45) is 7.04. The molecule has 3 rings (SSSR count). The quantitative estimate of drug-likeness (QED) is 0.794. The van der Waals surface area contributed by atoms with Crippen LogP contribution in [0.1, 0.15) is 18.0 Å². The molecule has 0 saturated carbocycles. The molecule has 1 aliphatic rings. The Kier molecular flexibility index (Phi) is 3.22. The van der Waals surface area contributed by atoms with E-state index in [0.717, 1.165) is 11.9 Å². The molecule has 104 valence electrons. The van der Waals surface area contributed by atoms with Gasteiger partial charge in [-0.25, -0.2) is 4.79 Å². The van der Waals surface area contributed by atoms with Crippen molar-refractivity contribution in [3.8, 4) is 0 Å². The maximum Gasteiger partial charge on any atom is 0.320 e. The number of rotatable bonds is 1. The molecule has 1 N–H and O–H groups in total. The van der Waals surface area contributed by atoms with Gasteiger partial charge in [-0.15, -0.1) is 0 Å². The molecule has 2 heterocycles. The first kappa shape index (κ1) is 12.8. The van der Waals surface area contributed by atoms with Crippen molar-refractivity contribution < 1.29 is 4.79 Å². The van der Waals surface area contributed by atoms with Crippen molar-refractivity contribution in [3.63, 3.8) is 0 Å². The third kappa shape index (κ3) is 2.07. The fourth-order valence-electron chi connectivity index (χ4n) is 2.83. The van der Waals surface area contributed by atoms with E-state index in [1.807, 2.05) is 17.2 Å². The number of H-pyrrole nitrogens is 1. The predicted molar refractivity (Wildman–Crippen MR) is 80.6 cm³/mol. The Morgan fingerprint density at radius 3 is 2.95 bits per heavy atom. The number of hydrogen-bond donors (Lipinski definition) is 1. The fourth-order valence-corrected chi connectivity index (χ4v) is 2.83. The highest BCUT2D eigenvalue weighted by Gasteiger charge is 2.27. The van der Waals surface area contributed by atoms with Crippen LogP contribution in [-0.2, 0) is 0 Å². The zero-order chi connectivity index (χ0) is 14.1. The number of amides is 2. The van der Waals surface area contributed by atoms with Gasteiger partial charge in [0.2, 0.25) is 0 Å². The molecule has 0 radical (unpaired) electrons. The van der Waals surface area contributed by atoms with Gasteiger partial charge in [0.15, 0.2) is 0 Å². The molecule has 1 unspecified atom stereocenters. The van der Waals surface area contributed by atoms with E-state index in [-0.39, 0.29) is 12.1 Å². The van der Waals surface area contributed by atoms with E-state index in [9.17, 15) is 4.79 Å². The fraction of sp³-hybridized carbons (Fsp3) is 0.312. The zero-order valence-electron chi connectivity index (χ0n) is 11.8. The minimum atomic E-state index is 0.0619. The highest BCUT2D eigenvalue weighted by Crippen LogP contribution is 2.33. The summed E-state index contributed by atoms with van der Waals surface area (Å²) >= 11 is 0. The van der Waals surface area contributed by atoms with Crippen LogP contribution in [-0.4, -0.2) is 41.5 Å². The molecule has 0 aliphatic carbocycles. The second kappa shape index (κ2) is 5.04. The predicted octanol–water partition coefficient (Wildman–Crippen LogP) is 3.15. The van der Waals surface area contributed by atoms with Gasteiger partial charge in [-0.05, 0) is 24.1 Å².